The van der Waals surface area contributed by atoms with Crippen molar-refractivity contribution >= 4 is 29.2 Å². The molecule has 190 valence electrons. The van der Waals surface area contributed by atoms with Crippen LogP contribution >= 0.6 is 11.6 Å². The fraction of sp³-hybridized carbons (Fsp3) is 0.522. The van der Waals surface area contributed by atoms with Gasteiger partial charge in [-0.05, 0) is 37.5 Å². The largest absolute Gasteiger partial charge is 0.345 e. The van der Waals surface area contributed by atoms with E-state index >= 15 is 0 Å². The van der Waals surface area contributed by atoms with Crippen LogP contribution in [0.25, 0.3) is 0 Å². The molecule has 2 aromatic rings. The summed E-state index contributed by atoms with van der Waals surface area (Å²) in [6, 6.07) is 3.49. The van der Waals surface area contributed by atoms with E-state index < -0.39 is 24.0 Å². The molecule has 0 saturated heterocycles. The second-order valence-corrected chi connectivity index (χ2v) is 9.29. The summed E-state index contributed by atoms with van der Waals surface area (Å²) in [5, 5.41) is 6.91. The fourth-order valence-electron chi connectivity index (χ4n) is 4.89. The van der Waals surface area contributed by atoms with Crippen LogP contribution in [-0.2, 0) is 17.8 Å². The normalized spacial score (nSPS) is 16.9. The number of aromatic nitrogens is 2. The number of carbonyl (C=O) groups is 2. The molecule has 1 aliphatic heterocycles. The molecule has 8 nitrogen and oxygen atoms in total. The van der Waals surface area contributed by atoms with Gasteiger partial charge in [0, 0.05) is 24.8 Å². The Morgan fingerprint density at radius 3 is 2.71 bits per heavy atom. The van der Waals surface area contributed by atoms with Crippen LogP contribution in [-0.4, -0.2) is 63.9 Å². The Morgan fingerprint density at radius 2 is 2.03 bits per heavy atom. The highest BCUT2D eigenvalue weighted by atomic mass is 35.5. The maximum absolute atomic E-state index is 13.5. The lowest BCUT2D eigenvalue weighted by Gasteiger charge is -2.39. The first kappa shape index (κ1) is 25.3. The van der Waals surface area contributed by atoms with E-state index in [0.29, 0.717) is 49.3 Å². The van der Waals surface area contributed by atoms with Crippen molar-refractivity contribution in [3.63, 3.8) is 0 Å². The number of alkyl halides is 2. The van der Waals surface area contributed by atoms with Crippen molar-refractivity contribution < 1.29 is 27.5 Å². The predicted molar refractivity (Wildman–Crippen MR) is 123 cm³/mol. The number of fused-ring (bicyclic) bond motifs is 1. The van der Waals surface area contributed by atoms with Crippen molar-refractivity contribution in [2.24, 2.45) is 0 Å². The van der Waals surface area contributed by atoms with Crippen molar-refractivity contribution in [1.82, 2.24) is 19.6 Å². The molecule has 12 heteroatoms. The van der Waals surface area contributed by atoms with Crippen LogP contribution in [0.4, 0.5) is 23.7 Å². The van der Waals surface area contributed by atoms with E-state index in [1.807, 2.05) is 0 Å². The first-order valence-corrected chi connectivity index (χ1v) is 11.8. The van der Waals surface area contributed by atoms with Crippen LogP contribution in [0.1, 0.15) is 48.2 Å². The minimum Gasteiger partial charge on any atom is -0.336 e. The minimum atomic E-state index is -2.85. The van der Waals surface area contributed by atoms with Gasteiger partial charge in [-0.15, -0.1) is 0 Å². The van der Waals surface area contributed by atoms with Crippen LogP contribution in [0, 0.1) is 5.82 Å². The summed E-state index contributed by atoms with van der Waals surface area (Å²) in [7, 11) is 1.69. The monoisotopic (exact) mass is 513 g/mol. The Morgan fingerprint density at radius 1 is 1.29 bits per heavy atom. The molecule has 1 fully saturated rings. The molecule has 0 radical (unpaired) electrons. The summed E-state index contributed by atoms with van der Waals surface area (Å²) < 4.78 is 44.6. The third kappa shape index (κ3) is 5.40. The van der Waals surface area contributed by atoms with Gasteiger partial charge >= 0.3 is 12.6 Å². The van der Waals surface area contributed by atoms with Gasteiger partial charge in [-0.2, -0.15) is 13.9 Å². The zero-order chi connectivity index (χ0) is 25.2. The van der Waals surface area contributed by atoms with E-state index in [2.05, 4.69) is 15.2 Å². The van der Waals surface area contributed by atoms with Gasteiger partial charge in [0.05, 0.1) is 42.2 Å². The molecule has 1 aromatic carbocycles. The molecule has 0 unspecified atom stereocenters. The molecular weight excluding hydrogens is 487 g/mol. The maximum Gasteiger partial charge on any atom is 0.345 e. The summed E-state index contributed by atoms with van der Waals surface area (Å²) in [4.78, 5) is 29.5. The predicted octanol–water partition coefficient (Wildman–Crippen LogP) is 4.74. The van der Waals surface area contributed by atoms with Gasteiger partial charge in [-0.25, -0.2) is 9.18 Å². The lowest BCUT2D eigenvalue weighted by molar-refractivity contribution is -0.134. The molecule has 1 aromatic heterocycles. The van der Waals surface area contributed by atoms with E-state index in [9.17, 15) is 22.8 Å². The minimum absolute atomic E-state index is 0.102. The molecule has 0 atom stereocenters. The van der Waals surface area contributed by atoms with E-state index in [1.54, 1.807) is 16.6 Å². The zero-order valence-electron chi connectivity index (χ0n) is 19.3. The third-order valence-corrected chi connectivity index (χ3v) is 7.21. The average molecular weight is 514 g/mol. The standard InChI is InChI=1S/C23H27ClF3N5O3/c1-30(23(6-2-3-7-23)8-11-35-21(26)27)20(33)16-13-28-32-10-9-31(14-19(16)32)22(34)29-15-4-5-18(25)17(24)12-15/h4-5,12-13,21H,2-3,6-11,14H2,1H3,(H,29,34). The van der Waals surface area contributed by atoms with Gasteiger partial charge in [-0.1, -0.05) is 24.4 Å². The molecule has 4 rings (SSSR count). The van der Waals surface area contributed by atoms with Crippen LogP contribution in [0.3, 0.4) is 0 Å². The summed E-state index contributed by atoms with van der Waals surface area (Å²) in [6.45, 7) is -2.06. The number of carbonyl (C=O) groups excluding carboxylic acids is 2. The number of urea groups is 1. The number of hydrogen-bond donors (Lipinski definition) is 1. The van der Waals surface area contributed by atoms with Crippen LogP contribution < -0.4 is 5.32 Å². The Hall–Kier alpha value is -2.79. The number of nitrogens with zero attached hydrogens (tertiary/aromatic N) is 4. The Balaban J connectivity index is 1.47. The second kappa shape index (κ2) is 10.4. The number of benzene rings is 1. The third-order valence-electron chi connectivity index (χ3n) is 6.92. The van der Waals surface area contributed by atoms with Gasteiger partial charge in [0.2, 0.25) is 0 Å². The molecule has 1 aliphatic carbocycles. The molecule has 1 saturated carbocycles. The quantitative estimate of drug-likeness (QED) is 0.580. The SMILES string of the molecule is CN(C(=O)c1cnn2c1CN(C(=O)Nc1ccc(F)c(Cl)c1)CC2)C1(CCOC(F)F)CCCC1. The zero-order valence-corrected chi connectivity index (χ0v) is 20.0. The van der Waals surface area contributed by atoms with Gasteiger partial charge in [0.1, 0.15) is 5.82 Å². The van der Waals surface area contributed by atoms with Crippen LogP contribution in [0.5, 0.6) is 0 Å². The van der Waals surface area contributed by atoms with Crippen molar-refractivity contribution in [2.45, 2.75) is 57.3 Å². The topological polar surface area (TPSA) is 79.7 Å². The molecule has 3 amide bonds. The lowest BCUT2D eigenvalue weighted by Crippen LogP contribution is -2.49. The first-order valence-electron chi connectivity index (χ1n) is 11.4. The number of rotatable bonds is 7. The van der Waals surface area contributed by atoms with E-state index in [0.717, 1.165) is 12.8 Å². The number of ether oxygens (including phenoxy) is 1. The van der Waals surface area contributed by atoms with E-state index in [-0.39, 0.29) is 24.1 Å². The van der Waals surface area contributed by atoms with Crippen molar-refractivity contribution in [3.05, 3.63) is 46.5 Å². The number of halogens is 4. The summed E-state index contributed by atoms with van der Waals surface area (Å²) in [5.41, 5.74) is 0.757. The number of anilines is 1. The number of amides is 3. The molecule has 1 N–H and O–H groups in total. The first-order chi connectivity index (χ1) is 16.7. The molecule has 2 aliphatic rings. The number of hydrogen-bond acceptors (Lipinski definition) is 4. The highest BCUT2D eigenvalue weighted by Gasteiger charge is 2.41. The van der Waals surface area contributed by atoms with Crippen molar-refractivity contribution in [2.75, 3.05) is 25.5 Å². The van der Waals surface area contributed by atoms with Crippen molar-refractivity contribution in [1.29, 1.82) is 0 Å². The van der Waals surface area contributed by atoms with Gasteiger partial charge in [0.25, 0.3) is 5.91 Å². The molecule has 0 bridgehead atoms. The van der Waals surface area contributed by atoms with Gasteiger partial charge in [-0.3, -0.25) is 9.48 Å². The Labute approximate surface area is 205 Å². The fourth-order valence-corrected chi connectivity index (χ4v) is 5.07. The lowest BCUT2D eigenvalue weighted by atomic mass is 9.91. The summed E-state index contributed by atoms with van der Waals surface area (Å²) in [5.74, 6) is -0.850. The Bertz CT molecular complexity index is 1090. The van der Waals surface area contributed by atoms with Gasteiger partial charge < -0.3 is 19.9 Å². The molecule has 2 heterocycles. The van der Waals surface area contributed by atoms with E-state index in [4.69, 9.17) is 11.6 Å². The van der Waals surface area contributed by atoms with Crippen LogP contribution in [0.15, 0.2) is 24.4 Å². The van der Waals surface area contributed by atoms with Crippen molar-refractivity contribution in [3.8, 4) is 0 Å². The molecule has 0 spiro atoms. The van der Waals surface area contributed by atoms with Crippen LogP contribution in [0.2, 0.25) is 5.02 Å². The summed E-state index contributed by atoms with van der Waals surface area (Å²) in [6.07, 6.45) is 5.03. The maximum atomic E-state index is 13.5. The molecule has 35 heavy (non-hydrogen) atoms. The Kier molecular flexibility index (Phi) is 7.56. The van der Waals surface area contributed by atoms with E-state index in [1.165, 1.54) is 29.3 Å². The van der Waals surface area contributed by atoms with Gasteiger partial charge in [0.15, 0.2) is 0 Å². The highest BCUT2D eigenvalue weighted by Crippen LogP contribution is 2.38. The molecular formula is C23H27ClF3N5O3. The summed E-state index contributed by atoms with van der Waals surface area (Å²) >= 11 is 5.79. The average Bonchev–Trinajstić information content (AvgIpc) is 3.48. The smallest absolute Gasteiger partial charge is 0.336 e. The second-order valence-electron chi connectivity index (χ2n) is 8.89. The highest BCUT2D eigenvalue weighted by molar-refractivity contribution is 6.31. The number of nitrogens with one attached hydrogen (secondary N) is 1.